The zero-order valence-electron chi connectivity index (χ0n) is 11.4. The lowest BCUT2D eigenvalue weighted by atomic mass is 10.1. The van der Waals surface area contributed by atoms with Gasteiger partial charge in [-0.15, -0.1) is 0 Å². The second-order valence-corrected chi connectivity index (χ2v) is 5.07. The van der Waals surface area contributed by atoms with Gasteiger partial charge in [0, 0.05) is 25.2 Å². The molecular formula is C13H19N3O4. The number of nitro groups is 1. The average Bonchev–Trinajstić information content (AvgIpc) is 2.41. The number of benzene rings is 1. The van der Waals surface area contributed by atoms with Crippen molar-refractivity contribution in [2.45, 2.75) is 25.6 Å². The molecule has 0 amide bonds. The summed E-state index contributed by atoms with van der Waals surface area (Å²) in [6.07, 6.45) is -0.179. The molecule has 0 aromatic heterocycles. The molecule has 2 rings (SSSR count). The highest BCUT2D eigenvalue weighted by molar-refractivity contribution is 5.59. The molecule has 1 aromatic rings. The van der Waals surface area contributed by atoms with Gasteiger partial charge < -0.3 is 15.6 Å². The molecule has 20 heavy (non-hydrogen) atoms. The van der Waals surface area contributed by atoms with Crippen LogP contribution in [0.2, 0.25) is 0 Å². The molecule has 0 bridgehead atoms. The number of nitro benzene ring substituents is 1. The Morgan fingerprint density at radius 3 is 2.95 bits per heavy atom. The minimum atomic E-state index is -0.488. The van der Waals surface area contributed by atoms with Crippen LogP contribution in [0.4, 0.5) is 11.4 Å². The molecule has 1 aliphatic rings. The Bertz CT molecular complexity index is 495. The maximum atomic E-state index is 10.7. The summed E-state index contributed by atoms with van der Waals surface area (Å²) in [6, 6.07) is 5.01. The summed E-state index contributed by atoms with van der Waals surface area (Å²) < 4.78 is 5.48. The van der Waals surface area contributed by atoms with E-state index in [9.17, 15) is 10.1 Å². The van der Waals surface area contributed by atoms with Crippen molar-refractivity contribution in [1.29, 1.82) is 0 Å². The van der Waals surface area contributed by atoms with Crippen molar-refractivity contribution in [3.05, 3.63) is 33.9 Å². The van der Waals surface area contributed by atoms with Crippen molar-refractivity contribution >= 4 is 11.4 Å². The molecular weight excluding hydrogens is 262 g/mol. The second-order valence-electron chi connectivity index (χ2n) is 5.07. The van der Waals surface area contributed by atoms with E-state index in [4.69, 9.17) is 15.6 Å². The average molecular weight is 281 g/mol. The Labute approximate surface area is 117 Å². The van der Waals surface area contributed by atoms with Gasteiger partial charge in [-0.25, -0.2) is 0 Å². The van der Waals surface area contributed by atoms with Gasteiger partial charge in [-0.2, -0.15) is 0 Å². The fourth-order valence-electron chi connectivity index (χ4n) is 2.31. The first-order valence-electron chi connectivity index (χ1n) is 6.50. The van der Waals surface area contributed by atoms with Crippen LogP contribution in [-0.4, -0.2) is 46.8 Å². The Balaban J connectivity index is 2.09. The number of nitrogen functional groups attached to an aromatic ring is 1. The topological polar surface area (TPSA) is 102 Å². The van der Waals surface area contributed by atoms with Gasteiger partial charge in [-0.05, 0) is 18.6 Å². The molecule has 0 saturated carbocycles. The van der Waals surface area contributed by atoms with Crippen LogP contribution in [0.15, 0.2) is 18.2 Å². The standard InChI is InChI=1S/C13H19N3O4/c1-9-8-20-11(7-17)6-15(9)5-10-2-3-13(16(18)19)12(14)4-10/h2-4,9,11,17H,5-8,14H2,1H3. The fraction of sp³-hybridized carbons (Fsp3) is 0.538. The van der Waals surface area contributed by atoms with Crippen LogP contribution in [0.3, 0.4) is 0 Å². The molecule has 1 aliphatic heterocycles. The third-order valence-corrected chi connectivity index (χ3v) is 3.51. The van der Waals surface area contributed by atoms with Crippen LogP contribution in [0, 0.1) is 10.1 Å². The van der Waals surface area contributed by atoms with Crippen LogP contribution in [0.25, 0.3) is 0 Å². The smallest absolute Gasteiger partial charge is 0.292 e. The molecule has 2 unspecified atom stereocenters. The van der Waals surface area contributed by atoms with Crippen molar-refractivity contribution in [2.24, 2.45) is 0 Å². The molecule has 7 nitrogen and oxygen atoms in total. The molecule has 0 spiro atoms. The number of nitrogens with zero attached hydrogens (tertiary/aromatic N) is 2. The highest BCUT2D eigenvalue weighted by atomic mass is 16.6. The maximum Gasteiger partial charge on any atom is 0.292 e. The number of hydrogen-bond donors (Lipinski definition) is 2. The Morgan fingerprint density at radius 1 is 1.60 bits per heavy atom. The molecule has 0 radical (unpaired) electrons. The normalized spacial score (nSPS) is 23.7. The second kappa shape index (κ2) is 6.17. The Morgan fingerprint density at radius 2 is 2.35 bits per heavy atom. The van der Waals surface area contributed by atoms with Gasteiger partial charge in [-0.3, -0.25) is 15.0 Å². The molecule has 1 heterocycles. The molecule has 110 valence electrons. The lowest BCUT2D eigenvalue weighted by molar-refractivity contribution is -0.383. The third kappa shape index (κ3) is 3.24. The minimum absolute atomic E-state index is 0.00831. The number of nitrogens with two attached hydrogens (primary N) is 1. The number of rotatable bonds is 4. The van der Waals surface area contributed by atoms with E-state index in [0.29, 0.717) is 19.7 Å². The largest absolute Gasteiger partial charge is 0.394 e. The Hall–Kier alpha value is -1.70. The Kier molecular flexibility index (Phi) is 4.53. The van der Waals surface area contributed by atoms with E-state index in [2.05, 4.69) is 4.90 Å². The molecule has 1 saturated heterocycles. The van der Waals surface area contributed by atoms with E-state index in [1.807, 2.05) is 6.92 Å². The SMILES string of the molecule is CC1COC(CO)CN1Cc1ccc([N+](=O)[O-])c(N)c1. The fourth-order valence-corrected chi connectivity index (χ4v) is 2.31. The monoisotopic (exact) mass is 281 g/mol. The number of hydrogen-bond acceptors (Lipinski definition) is 6. The highest BCUT2D eigenvalue weighted by Gasteiger charge is 2.25. The number of ether oxygens (including phenoxy) is 1. The van der Waals surface area contributed by atoms with Gasteiger partial charge in [0.25, 0.3) is 5.69 Å². The third-order valence-electron chi connectivity index (χ3n) is 3.51. The molecule has 3 N–H and O–H groups in total. The van der Waals surface area contributed by atoms with Gasteiger partial charge in [-0.1, -0.05) is 6.07 Å². The zero-order valence-corrected chi connectivity index (χ0v) is 11.4. The molecule has 1 fully saturated rings. The summed E-state index contributed by atoms with van der Waals surface area (Å²) in [4.78, 5) is 12.4. The van der Waals surface area contributed by atoms with Crippen molar-refractivity contribution in [1.82, 2.24) is 4.90 Å². The van der Waals surface area contributed by atoms with E-state index in [1.165, 1.54) is 6.07 Å². The van der Waals surface area contributed by atoms with Gasteiger partial charge in [0.2, 0.25) is 0 Å². The van der Waals surface area contributed by atoms with Crippen molar-refractivity contribution < 1.29 is 14.8 Å². The number of aliphatic hydroxyl groups excluding tert-OH is 1. The zero-order chi connectivity index (χ0) is 14.7. The van der Waals surface area contributed by atoms with Gasteiger partial charge in [0.15, 0.2) is 0 Å². The first-order chi connectivity index (χ1) is 9.51. The predicted octanol–water partition coefficient (Wildman–Crippen LogP) is 0.759. The van der Waals surface area contributed by atoms with Gasteiger partial charge in [0.05, 0.1) is 24.2 Å². The molecule has 0 aliphatic carbocycles. The van der Waals surface area contributed by atoms with Crippen LogP contribution >= 0.6 is 0 Å². The van der Waals surface area contributed by atoms with E-state index in [0.717, 1.165) is 5.56 Å². The van der Waals surface area contributed by atoms with Crippen LogP contribution in [0.5, 0.6) is 0 Å². The van der Waals surface area contributed by atoms with Gasteiger partial charge >= 0.3 is 0 Å². The minimum Gasteiger partial charge on any atom is -0.394 e. The van der Waals surface area contributed by atoms with E-state index < -0.39 is 4.92 Å². The summed E-state index contributed by atoms with van der Waals surface area (Å²) in [7, 11) is 0. The van der Waals surface area contributed by atoms with Crippen molar-refractivity contribution in [3.8, 4) is 0 Å². The van der Waals surface area contributed by atoms with Crippen LogP contribution in [0.1, 0.15) is 12.5 Å². The summed E-state index contributed by atoms with van der Waals surface area (Å²) in [5, 5.41) is 19.9. The summed E-state index contributed by atoms with van der Waals surface area (Å²) in [5.41, 5.74) is 6.71. The summed E-state index contributed by atoms with van der Waals surface area (Å²) >= 11 is 0. The molecule has 7 heteroatoms. The van der Waals surface area contributed by atoms with E-state index >= 15 is 0 Å². The summed E-state index contributed by atoms with van der Waals surface area (Å²) in [5.74, 6) is 0. The molecule has 2 atom stereocenters. The van der Waals surface area contributed by atoms with Crippen LogP contribution < -0.4 is 5.73 Å². The quantitative estimate of drug-likeness (QED) is 0.480. The number of anilines is 1. The maximum absolute atomic E-state index is 10.7. The first-order valence-corrected chi connectivity index (χ1v) is 6.50. The summed E-state index contributed by atoms with van der Waals surface area (Å²) in [6.45, 7) is 3.86. The van der Waals surface area contributed by atoms with Crippen molar-refractivity contribution in [2.75, 3.05) is 25.5 Å². The lowest BCUT2D eigenvalue weighted by Gasteiger charge is -2.37. The van der Waals surface area contributed by atoms with Crippen molar-refractivity contribution in [3.63, 3.8) is 0 Å². The predicted molar refractivity (Wildman–Crippen MR) is 74.2 cm³/mol. The number of morpholine rings is 1. The van der Waals surface area contributed by atoms with Crippen LogP contribution in [-0.2, 0) is 11.3 Å². The lowest BCUT2D eigenvalue weighted by Crippen LogP contribution is -2.48. The first kappa shape index (κ1) is 14.7. The highest BCUT2D eigenvalue weighted by Crippen LogP contribution is 2.24. The molecule has 1 aromatic carbocycles. The van der Waals surface area contributed by atoms with E-state index in [1.54, 1.807) is 12.1 Å². The van der Waals surface area contributed by atoms with Gasteiger partial charge in [0.1, 0.15) is 5.69 Å². The number of aliphatic hydroxyl groups is 1. The van der Waals surface area contributed by atoms with E-state index in [-0.39, 0.29) is 30.1 Å².